The van der Waals surface area contributed by atoms with Crippen LogP contribution in [0.4, 0.5) is 0 Å². The van der Waals surface area contributed by atoms with Gasteiger partial charge in [-0.1, -0.05) is 448 Å². The average molecular weight is 1530 g/mol. The molecule has 2 saturated heterocycles. The summed E-state index contributed by atoms with van der Waals surface area (Å²) in [5, 5.41) is 87.9. The Hall–Kier alpha value is -1.79. The summed E-state index contributed by atoms with van der Waals surface area (Å²) in [4.78, 5) is 13.4. The Labute approximate surface area is 665 Å². The van der Waals surface area contributed by atoms with Crippen LogP contribution in [-0.4, -0.2) is 140 Å². The van der Waals surface area contributed by atoms with Gasteiger partial charge in [-0.3, -0.25) is 4.79 Å². The van der Waals surface area contributed by atoms with Crippen molar-refractivity contribution in [2.24, 2.45) is 0 Å². The van der Waals surface area contributed by atoms with E-state index in [1.807, 2.05) is 6.08 Å². The van der Waals surface area contributed by atoms with Gasteiger partial charge in [-0.2, -0.15) is 0 Å². The monoisotopic (exact) mass is 1530 g/mol. The number of ether oxygens (including phenoxy) is 4. The molecule has 638 valence electrons. The van der Waals surface area contributed by atoms with Crippen LogP contribution < -0.4 is 5.32 Å². The second-order valence-corrected chi connectivity index (χ2v) is 33.5. The summed E-state index contributed by atoms with van der Waals surface area (Å²) in [5.74, 6) is -0.243. The molecule has 0 bridgehead atoms. The first kappa shape index (κ1) is 102. The third kappa shape index (κ3) is 59.0. The van der Waals surface area contributed by atoms with Crippen LogP contribution in [0.15, 0.2) is 36.5 Å². The van der Waals surface area contributed by atoms with Gasteiger partial charge in [-0.25, -0.2) is 0 Å². The van der Waals surface area contributed by atoms with Crippen molar-refractivity contribution in [2.45, 2.75) is 537 Å². The van der Waals surface area contributed by atoms with Crippen molar-refractivity contribution in [3.8, 4) is 0 Å². The SMILES string of the molecule is CCCCCCCCCCCCCCCCCCCCCCCCC/C=C/CC/C=C/CC/C=C/C(O)C(COC1OC(CO)C(OC2OC(CO)C(O)C(O)C2O)C(O)C1O)NC(=O)CCCCCCCCCCCCCCCCCCCCCCCCCCCCCCCCCCCCCCCCCCC. The lowest BCUT2D eigenvalue weighted by molar-refractivity contribution is -0.359. The normalized spacial score (nSPS) is 21.2. The Morgan fingerprint density at radius 3 is 0.907 bits per heavy atom. The van der Waals surface area contributed by atoms with Crippen LogP contribution in [0.1, 0.15) is 463 Å². The number of carbonyl (C=O) groups excluding carboxylic acids is 1. The second kappa shape index (κ2) is 77.8. The number of unbranched alkanes of at least 4 members (excludes halogenated alkanes) is 65. The third-order valence-electron chi connectivity index (χ3n) is 23.3. The van der Waals surface area contributed by atoms with E-state index in [9.17, 15) is 45.6 Å². The lowest BCUT2D eigenvalue weighted by Crippen LogP contribution is -2.65. The molecule has 2 aliphatic rings. The first-order chi connectivity index (χ1) is 53.1. The number of amides is 1. The van der Waals surface area contributed by atoms with E-state index in [4.69, 9.17) is 18.9 Å². The highest BCUT2D eigenvalue weighted by Gasteiger charge is 2.51. The molecule has 2 aliphatic heterocycles. The molecular formula is C94H179NO13. The first-order valence-electron chi connectivity index (χ1n) is 47.2. The van der Waals surface area contributed by atoms with Crippen molar-refractivity contribution in [2.75, 3.05) is 19.8 Å². The molecule has 0 aromatic carbocycles. The Morgan fingerprint density at radius 2 is 0.593 bits per heavy atom. The molecule has 0 aromatic rings. The summed E-state index contributed by atoms with van der Waals surface area (Å²) in [6, 6.07) is -0.939. The van der Waals surface area contributed by atoms with Crippen LogP contribution in [0.2, 0.25) is 0 Å². The number of carbonyl (C=O) groups is 1. The Kier molecular flexibility index (Phi) is 73.7. The van der Waals surface area contributed by atoms with Crippen LogP contribution in [0.3, 0.4) is 0 Å². The van der Waals surface area contributed by atoms with Crippen LogP contribution in [0.5, 0.6) is 0 Å². The van der Waals surface area contributed by atoms with E-state index in [-0.39, 0.29) is 18.9 Å². The standard InChI is InChI=1S/C94H179NO13/c1-3-5-7-9-11-13-15-17-19-21-23-25-27-29-31-33-35-37-38-39-40-41-42-43-44-46-48-50-52-54-56-58-60-62-64-66-68-70-72-74-76-78-86(99)95-82(81-105-93-91(104)89(102)92(85(80-97)107-93)108-94-90(103)88(101)87(100)84(79-96)106-94)83(98)77-75-73-71-69-67-65-63-61-59-57-55-53-51-49-47-45-36-34-32-30-28-26-24-22-20-18-16-14-12-10-8-6-4-2/h59,61,67,69,75,77,82-85,87-94,96-98,100-104H,3-58,60,62-66,68,70-74,76,78-81H2,1-2H3,(H,95,99)/b61-59+,69-67+,77-75+. The maximum Gasteiger partial charge on any atom is 0.220 e. The zero-order valence-electron chi connectivity index (χ0n) is 70.6. The maximum absolute atomic E-state index is 13.4. The fraction of sp³-hybridized carbons (Fsp3) is 0.926. The Morgan fingerprint density at radius 1 is 0.324 bits per heavy atom. The molecule has 14 heteroatoms. The highest BCUT2D eigenvalue weighted by Crippen LogP contribution is 2.31. The molecule has 12 atom stereocenters. The summed E-state index contributed by atoms with van der Waals surface area (Å²) < 4.78 is 23.0. The average Bonchev–Trinajstić information content (AvgIpc) is 0.788. The fourth-order valence-electron chi connectivity index (χ4n) is 15.9. The molecule has 12 unspecified atom stereocenters. The van der Waals surface area contributed by atoms with Crippen LogP contribution >= 0.6 is 0 Å². The van der Waals surface area contributed by atoms with Gasteiger partial charge in [0.1, 0.15) is 48.8 Å². The number of allylic oxidation sites excluding steroid dienone is 5. The zero-order chi connectivity index (χ0) is 77.9. The van der Waals surface area contributed by atoms with Gasteiger partial charge in [0.15, 0.2) is 12.6 Å². The smallest absolute Gasteiger partial charge is 0.220 e. The van der Waals surface area contributed by atoms with Gasteiger partial charge in [0.2, 0.25) is 5.91 Å². The van der Waals surface area contributed by atoms with E-state index in [0.29, 0.717) is 12.8 Å². The summed E-state index contributed by atoms with van der Waals surface area (Å²) in [6.45, 7) is 2.86. The summed E-state index contributed by atoms with van der Waals surface area (Å²) in [6.07, 6.45) is 88.8. The van der Waals surface area contributed by atoms with Gasteiger partial charge in [0.25, 0.3) is 0 Å². The van der Waals surface area contributed by atoms with Crippen molar-refractivity contribution < 1.29 is 64.6 Å². The van der Waals surface area contributed by atoms with Gasteiger partial charge in [-0.05, 0) is 44.9 Å². The van der Waals surface area contributed by atoms with Crippen molar-refractivity contribution in [3.63, 3.8) is 0 Å². The molecule has 0 aromatic heterocycles. The number of nitrogens with one attached hydrogen (secondary N) is 1. The number of hydrogen-bond donors (Lipinski definition) is 9. The molecule has 2 fully saturated rings. The number of rotatable bonds is 82. The van der Waals surface area contributed by atoms with Crippen LogP contribution in [0.25, 0.3) is 0 Å². The zero-order valence-corrected chi connectivity index (χ0v) is 70.6. The van der Waals surface area contributed by atoms with Gasteiger partial charge < -0.3 is 65.1 Å². The molecule has 0 radical (unpaired) electrons. The van der Waals surface area contributed by atoms with E-state index in [0.717, 1.165) is 44.9 Å². The maximum atomic E-state index is 13.4. The van der Waals surface area contributed by atoms with Crippen LogP contribution in [-0.2, 0) is 23.7 Å². The van der Waals surface area contributed by atoms with Crippen molar-refractivity contribution in [3.05, 3.63) is 36.5 Å². The molecule has 14 nitrogen and oxygen atoms in total. The molecule has 0 saturated carbocycles. The molecule has 2 heterocycles. The van der Waals surface area contributed by atoms with Gasteiger partial charge >= 0.3 is 0 Å². The summed E-state index contributed by atoms with van der Waals surface area (Å²) in [5.41, 5.74) is 0. The Balaban J connectivity index is 1.55. The second-order valence-electron chi connectivity index (χ2n) is 33.5. The third-order valence-corrected chi connectivity index (χ3v) is 23.3. The summed E-state index contributed by atoms with van der Waals surface area (Å²) in [7, 11) is 0. The highest BCUT2D eigenvalue weighted by atomic mass is 16.7. The highest BCUT2D eigenvalue weighted by molar-refractivity contribution is 5.76. The fourth-order valence-corrected chi connectivity index (χ4v) is 15.9. The van der Waals surface area contributed by atoms with E-state index in [1.165, 1.54) is 385 Å². The minimum absolute atomic E-state index is 0.243. The van der Waals surface area contributed by atoms with E-state index in [1.54, 1.807) is 6.08 Å². The van der Waals surface area contributed by atoms with Crippen LogP contribution in [0, 0.1) is 0 Å². The number of hydrogen-bond acceptors (Lipinski definition) is 13. The van der Waals surface area contributed by atoms with E-state index < -0.39 is 86.8 Å². The lowest BCUT2D eigenvalue weighted by Gasteiger charge is -2.46. The van der Waals surface area contributed by atoms with E-state index in [2.05, 4.69) is 43.5 Å². The van der Waals surface area contributed by atoms with E-state index >= 15 is 0 Å². The largest absolute Gasteiger partial charge is 0.394 e. The number of aliphatic hydroxyl groups is 8. The molecule has 9 N–H and O–H groups in total. The van der Waals surface area contributed by atoms with Crippen molar-refractivity contribution >= 4 is 5.91 Å². The lowest BCUT2D eigenvalue weighted by atomic mass is 9.97. The summed E-state index contributed by atoms with van der Waals surface area (Å²) >= 11 is 0. The topological polar surface area (TPSA) is 228 Å². The first-order valence-corrected chi connectivity index (χ1v) is 47.2. The van der Waals surface area contributed by atoms with Crippen molar-refractivity contribution in [1.29, 1.82) is 0 Å². The quantitative estimate of drug-likeness (QED) is 0.0204. The predicted octanol–water partition coefficient (Wildman–Crippen LogP) is 23.5. The Bertz CT molecular complexity index is 1960. The van der Waals surface area contributed by atoms with Gasteiger partial charge in [0.05, 0.1) is 32.0 Å². The van der Waals surface area contributed by atoms with Gasteiger partial charge in [-0.15, -0.1) is 0 Å². The number of aliphatic hydroxyl groups excluding tert-OH is 8. The molecule has 2 rings (SSSR count). The minimum atomic E-state index is -1.79. The molecule has 108 heavy (non-hydrogen) atoms. The predicted molar refractivity (Wildman–Crippen MR) is 452 cm³/mol. The minimum Gasteiger partial charge on any atom is -0.394 e. The van der Waals surface area contributed by atoms with Gasteiger partial charge in [0, 0.05) is 6.42 Å². The molecule has 0 aliphatic carbocycles. The molecular weight excluding hydrogens is 1350 g/mol. The van der Waals surface area contributed by atoms with Crippen molar-refractivity contribution in [1.82, 2.24) is 5.32 Å². The molecule has 0 spiro atoms. The molecule has 1 amide bonds.